The number of ether oxygens (including phenoxy) is 1. The van der Waals surface area contributed by atoms with E-state index < -0.39 is 6.04 Å². The number of carbonyl (C=O) groups is 1. The molecule has 160 valence electrons. The summed E-state index contributed by atoms with van der Waals surface area (Å²) in [5.41, 5.74) is 5.50. The molecule has 32 heavy (non-hydrogen) atoms. The Morgan fingerprint density at radius 2 is 2.06 bits per heavy atom. The maximum absolute atomic E-state index is 11.8. The fourth-order valence-corrected chi connectivity index (χ4v) is 3.88. The van der Waals surface area contributed by atoms with Crippen LogP contribution < -0.4 is 15.4 Å². The second-order valence-corrected chi connectivity index (χ2v) is 7.45. The zero-order valence-electron chi connectivity index (χ0n) is 17.8. The summed E-state index contributed by atoms with van der Waals surface area (Å²) in [6, 6.07) is 7.32. The van der Waals surface area contributed by atoms with Crippen LogP contribution in [-0.2, 0) is 11.8 Å². The van der Waals surface area contributed by atoms with Crippen LogP contribution in [0.2, 0.25) is 0 Å². The Morgan fingerprint density at radius 3 is 2.88 bits per heavy atom. The van der Waals surface area contributed by atoms with Gasteiger partial charge in [0.05, 0.1) is 18.3 Å². The van der Waals surface area contributed by atoms with Crippen molar-refractivity contribution in [2.45, 2.75) is 13.0 Å². The Labute approximate surface area is 184 Å². The number of rotatable bonds is 5. The Morgan fingerprint density at radius 1 is 1.22 bits per heavy atom. The minimum Gasteiger partial charge on any atom is -0.479 e. The minimum atomic E-state index is -0.524. The fraction of sp³-hybridized carbons (Fsp3) is 0.174. The summed E-state index contributed by atoms with van der Waals surface area (Å²) < 4.78 is 7.23. The molecule has 4 aromatic rings. The van der Waals surface area contributed by atoms with Crippen LogP contribution in [0.1, 0.15) is 22.9 Å². The van der Waals surface area contributed by atoms with Crippen molar-refractivity contribution in [3.8, 4) is 17.3 Å². The smallest absolute Gasteiger partial charge is 0.241 e. The lowest BCUT2D eigenvalue weighted by molar-refractivity contribution is -0.109. The number of aromatic nitrogens is 5. The molecule has 4 heterocycles. The normalized spacial score (nSPS) is 14.7. The van der Waals surface area contributed by atoms with Crippen LogP contribution in [0.25, 0.3) is 28.4 Å². The maximum atomic E-state index is 11.8. The number of fused-ring (bicyclic) bond motifs is 2. The van der Waals surface area contributed by atoms with Crippen molar-refractivity contribution in [3.05, 3.63) is 59.7 Å². The Bertz CT molecular complexity index is 1380. The van der Waals surface area contributed by atoms with Crippen LogP contribution in [0.4, 0.5) is 11.5 Å². The van der Waals surface area contributed by atoms with Crippen molar-refractivity contribution in [2.75, 3.05) is 12.4 Å². The summed E-state index contributed by atoms with van der Waals surface area (Å²) in [5.74, 6) is 0.923. The molecule has 0 fully saturated rings. The van der Waals surface area contributed by atoms with E-state index in [9.17, 15) is 4.79 Å². The monoisotopic (exact) mass is 427 g/mol. The summed E-state index contributed by atoms with van der Waals surface area (Å²) in [6.45, 7) is 2.03. The van der Waals surface area contributed by atoms with Gasteiger partial charge in [-0.2, -0.15) is 5.10 Å². The number of aldehydes is 1. The largest absolute Gasteiger partial charge is 0.479 e. The summed E-state index contributed by atoms with van der Waals surface area (Å²) in [7, 11) is 3.46. The average molecular weight is 427 g/mol. The van der Waals surface area contributed by atoms with Crippen LogP contribution in [0.3, 0.4) is 0 Å². The molecule has 1 unspecified atom stereocenters. The third-order valence-electron chi connectivity index (χ3n) is 5.57. The number of hydrogen-bond donors (Lipinski definition) is 2. The summed E-state index contributed by atoms with van der Waals surface area (Å²) in [4.78, 5) is 25.2. The van der Waals surface area contributed by atoms with Gasteiger partial charge >= 0.3 is 0 Å². The molecule has 0 bridgehead atoms. The molecule has 2 N–H and O–H groups in total. The van der Waals surface area contributed by atoms with E-state index in [1.165, 1.54) is 0 Å². The van der Waals surface area contributed by atoms with Gasteiger partial charge in [-0.15, -0.1) is 0 Å². The van der Waals surface area contributed by atoms with Crippen molar-refractivity contribution in [3.63, 3.8) is 0 Å². The highest BCUT2D eigenvalue weighted by Gasteiger charge is 2.24. The number of hydrogen-bond acceptors (Lipinski definition) is 8. The zero-order valence-corrected chi connectivity index (χ0v) is 17.8. The molecular formula is C23H21N7O2. The highest BCUT2D eigenvalue weighted by atomic mass is 16.5. The molecule has 3 aromatic heterocycles. The summed E-state index contributed by atoms with van der Waals surface area (Å²) >= 11 is 0. The van der Waals surface area contributed by atoms with Gasteiger partial charge in [-0.25, -0.2) is 15.0 Å². The lowest BCUT2D eigenvalue weighted by atomic mass is 9.97. The first kappa shape index (κ1) is 19.7. The van der Waals surface area contributed by atoms with Crippen molar-refractivity contribution in [1.29, 1.82) is 0 Å². The van der Waals surface area contributed by atoms with Crippen LogP contribution >= 0.6 is 0 Å². The predicted molar refractivity (Wildman–Crippen MR) is 122 cm³/mol. The van der Waals surface area contributed by atoms with E-state index in [0.717, 1.165) is 39.7 Å². The lowest BCUT2D eigenvalue weighted by Gasteiger charge is -2.23. The van der Waals surface area contributed by atoms with E-state index in [1.807, 2.05) is 49.0 Å². The molecule has 9 nitrogen and oxygen atoms in total. The summed E-state index contributed by atoms with van der Waals surface area (Å²) in [5, 5.41) is 12.1. The maximum Gasteiger partial charge on any atom is 0.241 e. The first-order valence-corrected chi connectivity index (χ1v) is 10.1. The molecule has 1 aromatic carbocycles. The van der Waals surface area contributed by atoms with Crippen LogP contribution in [0.5, 0.6) is 5.88 Å². The third-order valence-corrected chi connectivity index (χ3v) is 5.57. The molecule has 0 saturated carbocycles. The molecule has 0 amide bonds. The molecule has 1 atom stereocenters. The number of nitrogens with one attached hydrogen (secondary N) is 2. The van der Waals surface area contributed by atoms with Crippen LogP contribution in [0.15, 0.2) is 42.9 Å². The highest BCUT2D eigenvalue weighted by molar-refractivity contribution is 5.86. The quantitative estimate of drug-likeness (QED) is 0.467. The topological polar surface area (TPSA) is 107 Å². The van der Waals surface area contributed by atoms with Crippen molar-refractivity contribution in [1.82, 2.24) is 30.0 Å². The predicted octanol–water partition coefficient (Wildman–Crippen LogP) is 3.30. The fourth-order valence-electron chi connectivity index (χ4n) is 3.88. The molecule has 0 radical (unpaired) electrons. The molecule has 0 aliphatic carbocycles. The number of benzene rings is 1. The Hall–Kier alpha value is -4.27. The highest BCUT2D eigenvalue weighted by Crippen LogP contribution is 2.35. The molecule has 5 rings (SSSR count). The van der Waals surface area contributed by atoms with Gasteiger partial charge in [0.2, 0.25) is 5.88 Å². The van der Waals surface area contributed by atoms with Gasteiger partial charge in [0.15, 0.2) is 5.69 Å². The zero-order chi connectivity index (χ0) is 22.2. The van der Waals surface area contributed by atoms with Crippen LogP contribution in [0, 0.1) is 6.92 Å². The second-order valence-electron chi connectivity index (χ2n) is 7.45. The van der Waals surface area contributed by atoms with Gasteiger partial charge in [-0.1, -0.05) is 0 Å². The lowest BCUT2D eigenvalue weighted by Crippen LogP contribution is -2.23. The number of aryl methyl sites for hydroxylation is 2. The molecule has 0 saturated heterocycles. The summed E-state index contributed by atoms with van der Waals surface area (Å²) in [6.07, 6.45) is 7.68. The van der Waals surface area contributed by atoms with E-state index >= 15 is 0 Å². The van der Waals surface area contributed by atoms with Crippen LogP contribution in [-0.4, -0.2) is 38.1 Å². The molecule has 1 aliphatic rings. The van der Waals surface area contributed by atoms with Gasteiger partial charge in [0.1, 0.15) is 18.1 Å². The van der Waals surface area contributed by atoms with E-state index in [1.54, 1.807) is 25.7 Å². The van der Waals surface area contributed by atoms with Gasteiger partial charge in [-0.3, -0.25) is 4.68 Å². The van der Waals surface area contributed by atoms with Crippen molar-refractivity contribution in [2.24, 2.45) is 7.05 Å². The van der Waals surface area contributed by atoms with Crippen molar-refractivity contribution < 1.29 is 9.53 Å². The van der Waals surface area contributed by atoms with Crippen molar-refractivity contribution >= 4 is 34.8 Å². The number of carbonyl (C=O) groups excluding carboxylic acids is 1. The number of pyridine rings is 1. The average Bonchev–Trinajstić information content (AvgIpc) is 3.11. The van der Waals surface area contributed by atoms with E-state index in [4.69, 9.17) is 9.72 Å². The molecule has 1 aliphatic heterocycles. The SMILES string of the molecule is COc1nccnc1-c1cc2c(c(Nc3ccc4c(C)n(C)nc4c3)n1)C(C=O)NC=C2. The first-order valence-electron chi connectivity index (χ1n) is 10.1. The van der Waals surface area contributed by atoms with Gasteiger partial charge in [-0.05, 0) is 49.0 Å². The number of methoxy groups -OCH3 is 1. The first-order chi connectivity index (χ1) is 15.6. The van der Waals surface area contributed by atoms with Gasteiger partial charge < -0.3 is 20.2 Å². The minimum absolute atomic E-state index is 0.376. The van der Waals surface area contributed by atoms with Gasteiger partial charge in [0.25, 0.3) is 0 Å². The Balaban J connectivity index is 1.66. The number of nitrogens with zero attached hydrogens (tertiary/aromatic N) is 5. The molecule has 9 heteroatoms. The van der Waals surface area contributed by atoms with Gasteiger partial charge in [0, 0.05) is 41.8 Å². The van der Waals surface area contributed by atoms with E-state index in [0.29, 0.717) is 23.1 Å². The number of anilines is 2. The second kappa shape index (κ2) is 7.77. The van der Waals surface area contributed by atoms with E-state index in [-0.39, 0.29) is 0 Å². The van der Waals surface area contributed by atoms with E-state index in [2.05, 4.69) is 25.7 Å². The molecular weight excluding hydrogens is 406 g/mol. The third kappa shape index (κ3) is 3.24. The standard InChI is InChI=1S/C23H21N7O2/c1-13-16-5-4-15(11-17(16)29-30(13)2)27-22-20-14(6-7-24-19(20)12-31)10-18(28-22)21-23(32-3)26-9-8-25-21/h4-12,19,24H,1-3H3,(H,27,28). The molecule has 0 spiro atoms. The Kier molecular flexibility index (Phi) is 4.78.